The summed E-state index contributed by atoms with van der Waals surface area (Å²) in [6.45, 7) is 10.9. The maximum atomic E-state index is 12.0. The van der Waals surface area contributed by atoms with Crippen molar-refractivity contribution in [3.05, 3.63) is 0 Å². The van der Waals surface area contributed by atoms with Crippen molar-refractivity contribution >= 4 is 12.2 Å². The zero-order valence-corrected chi connectivity index (χ0v) is 26.0. The van der Waals surface area contributed by atoms with E-state index in [1.54, 1.807) is 0 Å². The van der Waals surface area contributed by atoms with Gasteiger partial charge >= 0.3 is 12.2 Å². The third-order valence-corrected chi connectivity index (χ3v) is 7.63. The number of alkyl carbamates (subject to hydrolysis) is 2. The molecule has 7 heteroatoms. The number of unbranched alkanes of at least 4 members (excludes halogenated alkanes) is 15. The van der Waals surface area contributed by atoms with E-state index in [-0.39, 0.29) is 13.2 Å². The van der Waals surface area contributed by atoms with Crippen molar-refractivity contribution in [3.63, 3.8) is 0 Å². The molecule has 230 valence electrons. The van der Waals surface area contributed by atoms with Crippen molar-refractivity contribution < 1.29 is 19.1 Å². The number of nitrogens with zero attached hydrogens (tertiary/aromatic N) is 1. The number of carbonyl (C=O) groups excluding carboxylic acids is 2. The first-order valence-electron chi connectivity index (χ1n) is 16.5. The lowest BCUT2D eigenvalue weighted by Gasteiger charge is -2.26. The zero-order valence-electron chi connectivity index (χ0n) is 26.0. The molecule has 39 heavy (non-hydrogen) atoms. The van der Waals surface area contributed by atoms with Crippen LogP contribution in [0.5, 0.6) is 0 Å². The molecule has 1 heterocycles. The Hall–Kier alpha value is -1.50. The van der Waals surface area contributed by atoms with E-state index in [1.807, 2.05) is 13.8 Å². The van der Waals surface area contributed by atoms with Crippen LogP contribution in [0.15, 0.2) is 0 Å². The molecular formula is C32H63N3O4. The third-order valence-electron chi connectivity index (χ3n) is 7.63. The van der Waals surface area contributed by atoms with Crippen LogP contribution in [-0.2, 0) is 9.47 Å². The van der Waals surface area contributed by atoms with Crippen LogP contribution in [0, 0.1) is 5.41 Å². The van der Waals surface area contributed by atoms with Crippen molar-refractivity contribution in [2.75, 3.05) is 45.9 Å². The molecule has 0 saturated carbocycles. The fourth-order valence-corrected chi connectivity index (χ4v) is 5.03. The quantitative estimate of drug-likeness (QED) is 0.118. The van der Waals surface area contributed by atoms with E-state index in [9.17, 15) is 9.59 Å². The molecule has 0 atom stereocenters. The first-order valence-corrected chi connectivity index (χ1v) is 16.5. The average molecular weight is 554 g/mol. The van der Waals surface area contributed by atoms with E-state index in [1.165, 1.54) is 109 Å². The van der Waals surface area contributed by atoms with Gasteiger partial charge in [-0.15, -0.1) is 0 Å². The minimum absolute atomic E-state index is 0.203. The highest BCUT2D eigenvalue weighted by Gasteiger charge is 2.23. The Balaban J connectivity index is 1.86. The fraction of sp³-hybridized carbons (Fsp3) is 0.938. The first kappa shape index (κ1) is 35.5. The summed E-state index contributed by atoms with van der Waals surface area (Å²) in [4.78, 5) is 26.4. The van der Waals surface area contributed by atoms with Gasteiger partial charge in [-0.2, -0.15) is 0 Å². The molecule has 0 aromatic carbocycles. The van der Waals surface area contributed by atoms with Gasteiger partial charge in [-0.3, -0.25) is 0 Å². The van der Waals surface area contributed by atoms with Gasteiger partial charge < -0.3 is 25.0 Å². The van der Waals surface area contributed by atoms with Crippen molar-refractivity contribution in [2.24, 2.45) is 5.41 Å². The predicted octanol–water partition coefficient (Wildman–Crippen LogP) is 8.21. The van der Waals surface area contributed by atoms with Crippen molar-refractivity contribution in [2.45, 2.75) is 143 Å². The number of amides is 2. The molecule has 0 aromatic heterocycles. The highest BCUT2D eigenvalue weighted by atomic mass is 16.6. The summed E-state index contributed by atoms with van der Waals surface area (Å²) in [7, 11) is 0. The van der Waals surface area contributed by atoms with Gasteiger partial charge in [0, 0.05) is 25.0 Å². The average Bonchev–Trinajstić information content (AvgIpc) is 2.93. The van der Waals surface area contributed by atoms with Gasteiger partial charge in [-0.1, -0.05) is 124 Å². The van der Waals surface area contributed by atoms with Crippen LogP contribution in [0.4, 0.5) is 9.59 Å². The number of likely N-dealkylation sites (tertiary alicyclic amines) is 1. The summed E-state index contributed by atoms with van der Waals surface area (Å²) in [5.74, 6) is 0. The number of nitrogens with one attached hydrogen (secondary N) is 2. The zero-order chi connectivity index (χ0) is 28.4. The Kier molecular flexibility index (Phi) is 22.1. The highest BCUT2D eigenvalue weighted by molar-refractivity contribution is 5.67. The van der Waals surface area contributed by atoms with Crippen molar-refractivity contribution in [1.82, 2.24) is 15.5 Å². The Bertz CT molecular complexity index is 594. The lowest BCUT2D eigenvalue weighted by Crippen LogP contribution is -2.39. The predicted molar refractivity (Wildman–Crippen MR) is 162 cm³/mol. The topological polar surface area (TPSA) is 79.9 Å². The molecule has 1 saturated heterocycles. The molecule has 0 radical (unpaired) electrons. The summed E-state index contributed by atoms with van der Waals surface area (Å²) in [6.07, 6.45) is 24.4. The van der Waals surface area contributed by atoms with Gasteiger partial charge in [0.15, 0.2) is 0 Å². The highest BCUT2D eigenvalue weighted by Crippen LogP contribution is 2.16. The number of hydrogen-bond acceptors (Lipinski definition) is 5. The molecular weight excluding hydrogens is 490 g/mol. The van der Waals surface area contributed by atoms with E-state index < -0.39 is 17.6 Å². The third kappa shape index (κ3) is 23.0. The monoisotopic (exact) mass is 553 g/mol. The van der Waals surface area contributed by atoms with Gasteiger partial charge in [0.2, 0.25) is 0 Å². The van der Waals surface area contributed by atoms with Gasteiger partial charge in [-0.05, 0) is 32.4 Å². The molecule has 2 N–H and O–H groups in total. The van der Waals surface area contributed by atoms with Crippen LogP contribution in [0.25, 0.3) is 0 Å². The van der Waals surface area contributed by atoms with Crippen LogP contribution in [-0.4, -0.2) is 63.0 Å². The smallest absolute Gasteiger partial charge is 0.407 e. The van der Waals surface area contributed by atoms with Crippen LogP contribution in [0.2, 0.25) is 0 Å². The molecule has 0 unspecified atom stereocenters. The van der Waals surface area contributed by atoms with Crippen LogP contribution < -0.4 is 10.6 Å². The molecule has 0 bridgehead atoms. The number of piperidine rings is 1. The molecule has 2 amide bonds. The largest absolute Gasteiger partial charge is 0.449 e. The van der Waals surface area contributed by atoms with E-state index in [4.69, 9.17) is 9.47 Å². The normalized spacial score (nSPS) is 14.2. The van der Waals surface area contributed by atoms with Gasteiger partial charge in [-0.25, -0.2) is 9.59 Å². The summed E-state index contributed by atoms with van der Waals surface area (Å²) >= 11 is 0. The summed E-state index contributed by atoms with van der Waals surface area (Å²) in [5, 5.41) is 5.66. The SMILES string of the molecule is CCCCCCCCCCCCCCCCCCNC(=O)OCC(C)(C)COC(=O)NCCN1CCCCC1. The standard InChI is InChI=1S/C32H63N3O4/c1-4-5-6-7-8-9-10-11-12-13-14-15-16-17-18-20-23-33-30(36)38-28-32(2,3)29-39-31(37)34-24-27-35-25-21-19-22-26-35/h4-29H2,1-3H3,(H,33,36)(H,34,37). The lowest BCUT2D eigenvalue weighted by molar-refractivity contribution is 0.0464. The van der Waals surface area contributed by atoms with Crippen molar-refractivity contribution in [1.29, 1.82) is 0 Å². The number of ether oxygens (including phenoxy) is 2. The summed E-state index contributed by atoms with van der Waals surface area (Å²) in [5.41, 5.74) is -0.435. The Morgan fingerprint density at radius 3 is 1.49 bits per heavy atom. The Labute approximate surface area is 240 Å². The Morgan fingerprint density at radius 1 is 0.615 bits per heavy atom. The van der Waals surface area contributed by atoms with Gasteiger partial charge in [0.25, 0.3) is 0 Å². The molecule has 0 aromatic rings. The van der Waals surface area contributed by atoms with Gasteiger partial charge in [0.1, 0.15) is 13.2 Å². The minimum atomic E-state index is -0.435. The lowest BCUT2D eigenvalue weighted by atomic mass is 9.96. The van der Waals surface area contributed by atoms with Crippen LogP contribution in [0.3, 0.4) is 0 Å². The van der Waals surface area contributed by atoms with Crippen molar-refractivity contribution in [3.8, 4) is 0 Å². The van der Waals surface area contributed by atoms with E-state index in [0.717, 1.165) is 32.5 Å². The summed E-state index contributed by atoms with van der Waals surface area (Å²) < 4.78 is 10.7. The molecule has 0 spiro atoms. The molecule has 1 fully saturated rings. The second-order valence-corrected chi connectivity index (χ2v) is 12.4. The second kappa shape index (κ2) is 24.3. The van der Waals surface area contributed by atoms with E-state index in [0.29, 0.717) is 13.1 Å². The van der Waals surface area contributed by atoms with Gasteiger partial charge in [0.05, 0.1) is 0 Å². The second-order valence-electron chi connectivity index (χ2n) is 12.4. The van der Waals surface area contributed by atoms with E-state index >= 15 is 0 Å². The molecule has 1 aliphatic heterocycles. The first-order chi connectivity index (χ1) is 18.9. The molecule has 0 aliphatic carbocycles. The van der Waals surface area contributed by atoms with E-state index in [2.05, 4.69) is 22.5 Å². The maximum Gasteiger partial charge on any atom is 0.407 e. The minimum Gasteiger partial charge on any atom is -0.449 e. The molecule has 1 aliphatic rings. The maximum absolute atomic E-state index is 12.0. The number of hydrogen-bond donors (Lipinski definition) is 2. The molecule has 7 nitrogen and oxygen atoms in total. The number of rotatable bonds is 24. The van der Waals surface area contributed by atoms with Crippen LogP contribution >= 0.6 is 0 Å². The van der Waals surface area contributed by atoms with Crippen LogP contribution in [0.1, 0.15) is 143 Å². The number of carbonyl (C=O) groups is 2. The Morgan fingerprint density at radius 2 is 1.03 bits per heavy atom. The summed E-state index contributed by atoms with van der Waals surface area (Å²) in [6, 6.07) is 0. The fourth-order valence-electron chi connectivity index (χ4n) is 5.03. The molecule has 1 rings (SSSR count).